The van der Waals surface area contributed by atoms with E-state index in [1.165, 1.54) is 6.07 Å². The molecule has 0 spiro atoms. The van der Waals surface area contributed by atoms with E-state index in [2.05, 4.69) is 5.10 Å². The van der Waals surface area contributed by atoms with E-state index in [0.717, 1.165) is 5.56 Å². The second-order valence-electron chi connectivity index (χ2n) is 8.92. The second-order valence-corrected chi connectivity index (χ2v) is 9.77. The summed E-state index contributed by atoms with van der Waals surface area (Å²) in [6.07, 6.45) is -1.07. The van der Waals surface area contributed by atoms with Crippen molar-refractivity contribution in [2.45, 2.75) is 26.3 Å². The van der Waals surface area contributed by atoms with Gasteiger partial charge >= 0.3 is 6.09 Å². The molecule has 1 amide bonds. The summed E-state index contributed by atoms with van der Waals surface area (Å²) in [7, 11) is 0. The van der Waals surface area contributed by atoms with Crippen LogP contribution in [-0.4, -0.2) is 29.1 Å². The summed E-state index contributed by atoms with van der Waals surface area (Å²) in [6.45, 7) is 5.54. The fourth-order valence-corrected chi connectivity index (χ4v) is 4.34. The zero-order valence-electron chi connectivity index (χ0n) is 19.3. The first-order valence-electron chi connectivity index (χ1n) is 10.7. The molecule has 1 atom stereocenters. The highest BCUT2D eigenvalue weighted by molar-refractivity contribution is 6.32. The Bertz CT molecular complexity index is 1390. The van der Waals surface area contributed by atoms with Crippen molar-refractivity contribution in [3.05, 3.63) is 81.8 Å². The maximum atomic E-state index is 12.4. The second kappa shape index (κ2) is 9.23. The van der Waals surface area contributed by atoms with Gasteiger partial charge in [0.2, 0.25) is 0 Å². The normalized spacial score (nSPS) is 16.7. The van der Waals surface area contributed by atoms with Crippen molar-refractivity contribution in [1.82, 2.24) is 4.59 Å². The van der Waals surface area contributed by atoms with Gasteiger partial charge in [-0.25, -0.2) is 0 Å². The van der Waals surface area contributed by atoms with Crippen LogP contribution in [0.1, 0.15) is 31.9 Å². The molecule has 4 rings (SSSR count). The van der Waals surface area contributed by atoms with E-state index in [4.69, 9.17) is 37.9 Å². The quantitative estimate of drug-likeness (QED) is 0.365. The van der Waals surface area contributed by atoms with Crippen molar-refractivity contribution >= 4 is 40.7 Å². The lowest BCUT2D eigenvalue weighted by Gasteiger charge is -2.35. The summed E-state index contributed by atoms with van der Waals surface area (Å²) in [5.74, 6) is 1.12. The predicted octanol–water partition coefficient (Wildman–Crippen LogP) is 7.24. The van der Waals surface area contributed by atoms with Gasteiger partial charge in [-0.1, -0.05) is 45.0 Å². The monoisotopic (exact) mass is 510 g/mol. The van der Waals surface area contributed by atoms with Gasteiger partial charge in [0, 0.05) is 17.2 Å². The number of para-hydroxylation sites is 1. The number of amides is 1. The Morgan fingerprint density at radius 1 is 1.09 bits per heavy atom. The fraction of sp³-hybridized carbons (Fsp3) is 0.192. The van der Waals surface area contributed by atoms with Crippen molar-refractivity contribution in [2.24, 2.45) is 5.10 Å². The van der Waals surface area contributed by atoms with E-state index in [-0.39, 0.29) is 6.61 Å². The Hall–Kier alpha value is -3.57. The molecule has 7 nitrogen and oxygen atoms in total. The SMILES string of the molecule is CC(C)(C)[N+]1(C(=O)O)N=C(COc2ccc(Cl)c(Oc3cc(Cl)cc(C#N)c3)c2)c2ccccc21. The van der Waals surface area contributed by atoms with Gasteiger partial charge in [0.1, 0.15) is 35.1 Å². The van der Waals surface area contributed by atoms with E-state index >= 15 is 0 Å². The van der Waals surface area contributed by atoms with Gasteiger partial charge in [-0.2, -0.15) is 10.1 Å². The zero-order valence-corrected chi connectivity index (χ0v) is 20.8. The predicted molar refractivity (Wildman–Crippen MR) is 136 cm³/mol. The van der Waals surface area contributed by atoms with Crippen LogP contribution in [0.15, 0.2) is 65.8 Å². The molecule has 0 saturated carbocycles. The highest BCUT2D eigenvalue weighted by atomic mass is 35.5. The molecule has 0 bridgehead atoms. The number of nitrogens with zero attached hydrogens (tertiary/aromatic N) is 3. The Balaban J connectivity index is 1.62. The minimum Gasteiger partial charge on any atom is -0.487 e. The summed E-state index contributed by atoms with van der Waals surface area (Å²) in [6, 6.07) is 18.9. The molecule has 0 radical (unpaired) electrons. The summed E-state index contributed by atoms with van der Waals surface area (Å²) < 4.78 is 11.3. The van der Waals surface area contributed by atoms with Crippen LogP contribution in [0, 0.1) is 11.3 Å². The van der Waals surface area contributed by atoms with E-state index in [0.29, 0.717) is 44.3 Å². The number of carboxylic acid groups (broad SMARTS) is 1. The summed E-state index contributed by atoms with van der Waals surface area (Å²) in [4.78, 5) is 12.4. The molecule has 1 heterocycles. The maximum absolute atomic E-state index is 12.4. The lowest BCUT2D eigenvalue weighted by molar-refractivity contribution is 0.107. The third-order valence-electron chi connectivity index (χ3n) is 5.59. The van der Waals surface area contributed by atoms with Crippen molar-refractivity contribution in [2.75, 3.05) is 6.61 Å². The van der Waals surface area contributed by atoms with Gasteiger partial charge in [0.15, 0.2) is 5.69 Å². The number of fused-ring (bicyclic) bond motifs is 1. The van der Waals surface area contributed by atoms with E-state index in [1.807, 2.05) is 39.0 Å². The van der Waals surface area contributed by atoms with Gasteiger partial charge in [0.05, 0.1) is 22.2 Å². The number of ether oxygens (including phenoxy) is 2. The molecule has 35 heavy (non-hydrogen) atoms. The molecular formula is C26H22Cl2N3O4+. The van der Waals surface area contributed by atoms with Crippen LogP contribution in [0.2, 0.25) is 10.0 Å². The van der Waals surface area contributed by atoms with Crippen molar-refractivity contribution < 1.29 is 19.4 Å². The van der Waals surface area contributed by atoms with Crippen LogP contribution >= 0.6 is 23.2 Å². The number of nitriles is 1. The van der Waals surface area contributed by atoms with E-state index < -0.39 is 16.2 Å². The fourth-order valence-electron chi connectivity index (χ4n) is 3.96. The van der Waals surface area contributed by atoms with Gasteiger partial charge < -0.3 is 14.6 Å². The van der Waals surface area contributed by atoms with Gasteiger partial charge in [-0.3, -0.25) is 0 Å². The molecular weight excluding hydrogens is 489 g/mol. The van der Waals surface area contributed by atoms with Crippen molar-refractivity contribution in [3.63, 3.8) is 0 Å². The molecule has 1 N–H and O–H groups in total. The molecule has 3 aromatic rings. The Morgan fingerprint density at radius 2 is 1.83 bits per heavy atom. The lowest BCUT2D eigenvalue weighted by atomic mass is 10.0. The zero-order chi connectivity index (χ0) is 25.4. The minimum atomic E-state index is -1.07. The number of quaternary nitrogens is 1. The largest absolute Gasteiger partial charge is 0.546 e. The highest BCUT2D eigenvalue weighted by Crippen LogP contribution is 2.42. The Kier molecular flexibility index (Phi) is 6.48. The van der Waals surface area contributed by atoms with Crippen LogP contribution in [0.25, 0.3) is 0 Å². The van der Waals surface area contributed by atoms with Gasteiger partial charge in [-0.15, -0.1) is 0 Å². The molecule has 9 heteroatoms. The topological polar surface area (TPSA) is 91.9 Å². The van der Waals surface area contributed by atoms with Crippen molar-refractivity contribution in [1.29, 1.82) is 5.26 Å². The van der Waals surface area contributed by atoms with Crippen molar-refractivity contribution in [3.8, 4) is 23.3 Å². The summed E-state index contributed by atoms with van der Waals surface area (Å²) in [5.41, 5.74) is 1.44. The van der Waals surface area contributed by atoms with E-state index in [1.54, 1.807) is 42.5 Å². The summed E-state index contributed by atoms with van der Waals surface area (Å²) in [5, 5.41) is 24.7. The average Bonchev–Trinajstić information content (AvgIpc) is 3.15. The number of rotatable bonds is 5. The third kappa shape index (κ3) is 4.56. The molecule has 0 saturated heterocycles. The highest BCUT2D eigenvalue weighted by Gasteiger charge is 2.56. The first kappa shape index (κ1) is 24.6. The number of benzene rings is 3. The molecule has 0 aliphatic carbocycles. The molecule has 0 fully saturated rings. The Labute approximate surface area is 212 Å². The smallest absolute Gasteiger partial charge is 0.487 e. The number of carbonyl (C=O) groups is 1. The van der Waals surface area contributed by atoms with Crippen LogP contribution < -0.4 is 14.1 Å². The molecule has 178 valence electrons. The molecule has 1 aliphatic rings. The van der Waals surface area contributed by atoms with Crippen LogP contribution in [-0.2, 0) is 0 Å². The molecule has 1 aliphatic heterocycles. The number of hydrogen-bond donors (Lipinski definition) is 1. The maximum Gasteiger partial charge on any atom is 0.546 e. The summed E-state index contributed by atoms with van der Waals surface area (Å²) >= 11 is 12.4. The molecule has 3 aromatic carbocycles. The standard InChI is InChI=1S/C26H21Cl2N3O4/c1-26(2,3)31(25(32)33)23-7-5-4-6-20(23)22(30-31)15-34-18-8-9-21(28)24(13-18)35-19-11-16(14-29)10-17(27)12-19/h4-13H,15H2,1-3H3/p+1. The Morgan fingerprint density at radius 3 is 2.51 bits per heavy atom. The van der Waals surface area contributed by atoms with Crippen LogP contribution in [0.3, 0.4) is 0 Å². The minimum absolute atomic E-state index is 0.0389. The van der Waals surface area contributed by atoms with E-state index in [9.17, 15) is 9.90 Å². The van der Waals surface area contributed by atoms with Crippen LogP contribution in [0.5, 0.6) is 17.2 Å². The lowest BCUT2D eigenvalue weighted by Crippen LogP contribution is -2.60. The number of halogens is 2. The first-order valence-corrected chi connectivity index (χ1v) is 11.4. The first-order chi connectivity index (χ1) is 16.5. The average molecular weight is 511 g/mol. The van der Waals surface area contributed by atoms with Gasteiger partial charge in [-0.05, 0) is 57.2 Å². The number of hydrogen-bond acceptors (Lipinski definition) is 5. The van der Waals surface area contributed by atoms with Gasteiger partial charge in [0.25, 0.3) is 0 Å². The van der Waals surface area contributed by atoms with Crippen LogP contribution in [0.4, 0.5) is 10.5 Å². The molecule has 0 aromatic heterocycles. The third-order valence-corrected chi connectivity index (χ3v) is 6.12. The molecule has 1 unspecified atom stereocenters.